The van der Waals surface area contributed by atoms with Crippen molar-refractivity contribution in [2.75, 3.05) is 7.11 Å². The Morgan fingerprint density at radius 3 is 2.82 bits per heavy atom. The first-order valence-corrected chi connectivity index (χ1v) is 5.44. The van der Waals surface area contributed by atoms with Gasteiger partial charge in [-0.2, -0.15) is 0 Å². The summed E-state index contributed by atoms with van der Waals surface area (Å²) in [6.45, 7) is 3.37. The zero-order valence-electron chi connectivity index (χ0n) is 10.1. The topological polar surface area (TPSA) is 51.5 Å². The maximum Gasteiger partial charge on any atom is 0.217 e. The Hall–Kier alpha value is -1.97. The minimum atomic E-state index is -0.133. The second-order valence-electron chi connectivity index (χ2n) is 3.97. The number of hydrogen-bond donors (Lipinski definition) is 1. The Bertz CT molecular complexity index is 545. The summed E-state index contributed by atoms with van der Waals surface area (Å²) in [5, 5.41) is 3.75. The lowest BCUT2D eigenvalue weighted by atomic mass is 10.2. The van der Waals surface area contributed by atoms with Gasteiger partial charge in [-0.3, -0.25) is 4.79 Å². The van der Waals surface area contributed by atoms with Gasteiger partial charge in [0.25, 0.3) is 0 Å². The average molecular weight is 233 g/mol. The van der Waals surface area contributed by atoms with Crippen molar-refractivity contribution in [1.82, 2.24) is 5.32 Å². The van der Waals surface area contributed by atoms with Crippen LogP contribution in [0.2, 0.25) is 0 Å². The van der Waals surface area contributed by atoms with Crippen LogP contribution in [0, 0.1) is 0 Å². The summed E-state index contributed by atoms with van der Waals surface area (Å²) in [4.78, 5) is 11.0. The maximum absolute atomic E-state index is 11.0. The van der Waals surface area contributed by atoms with Crippen LogP contribution < -0.4 is 10.1 Å². The Balaban J connectivity index is 2.33. The lowest BCUT2D eigenvalue weighted by molar-refractivity contribution is -0.119. The molecule has 0 spiro atoms. The summed E-state index contributed by atoms with van der Waals surface area (Å²) < 4.78 is 10.8. The molecule has 0 saturated heterocycles. The Morgan fingerprint density at radius 2 is 2.18 bits per heavy atom. The highest BCUT2D eigenvalue weighted by Gasteiger charge is 2.12. The molecule has 0 aliphatic heterocycles. The van der Waals surface area contributed by atoms with E-state index in [2.05, 4.69) is 5.32 Å². The van der Waals surface area contributed by atoms with Crippen LogP contribution in [-0.4, -0.2) is 13.0 Å². The van der Waals surface area contributed by atoms with E-state index in [1.807, 2.05) is 31.2 Å². The fourth-order valence-corrected chi connectivity index (χ4v) is 1.76. The van der Waals surface area contributed by atoms with E-state index in [0.717, 1.165) is 22.5 Å². The highest BCUT2D eigenvalue weighted by molar-refractivity contribution is 5.80. The molecule has 4 heteroatoms. The summed E-state index contributed by atoms with van der Waals surface area (Å²) in [5.41, 5.74) is 0.790. The monoisotopic (exact) mass is 233 g/mol. The van der Waals surface area contributed by atoms with Gasteiger partial charge >= 0.3 is 0 Å². The van der Waals surface area contributed by atoms with Crippen LogP contribution in [0.25, 0.3) is 11.0 Å². The fraction of sp³-hybridized carbons (Fsp3) is 0.308. The number of ether oxygens (including phenoxy) is 1. The number of furan rings is 1. The van der Waals surface area contributed by atoms with E-state index in [0.29, 0.717) is 0 Å². The number of nitrogens with one attached hydrogen (secondary N) is 1. The van der Waals surface area contributed by atoms with Crippen molar-refractivity contribution in [2.45, 2.75) is 19.9 Å². The quantitative estimate of drug-likeness (QED) is 0.886. The molecule has 1 aromatic heterocycles. The second kappa shape index (κ2) is 4.49. The van der Waals surface area contributed by atoms with Crippen molar-refractivity contribution >= 4 is 16.9 Å². The van der Waals surface area contributed by atoms with Gasteiger partial charge in [-0.1, -0.05) is 0 Å². The predicted molar refractivity (Wildman–Crippen MR) is 65.0 cm³/mol. The van der Waals surface area contributed by atoms with Crippen molar-refractivity contribution in [3.8, 4) is 5.75 Å². The van der Waals surface area contributed by atoms with Gasteiger partial charge in [-0.25, -0.2) is 0 Å². The van der Waals surface area contributed by atoms with Crippen LogP contribution in [0.1, 0.15) is 25.6 Å². The van der Waals surface area contributed by atoms with Crippen LogP contribution in [0.3, 0.4) is 0 Å². The lowest BCUT2D eigenvalue weighted by Crippen LogP contribution is -2.23. The third-order valence-electron chi connectivity index (χ3n) is 2.59. The number of hydrogen-bond acceptors (Lipinski definition) is 3. The van der Waals surface area contributed by atoms with E-state index in [1.54, 1.807) is 7.11 Å². The summed E-state index contributed by atoms with van der Waals surface area (Å²) in [5.74, 6) is 1.45. The number of rotatable bonds is 3. The van der Waals surface area contributed by atoms with Crippen molar-refractivity contribution in [1.29, 1.82) is 0 Å². The molecular formula is C13H15NO3. The lowest BCUT2D eigenvalue weighted by Gasteiger charge is -2.08. The first-order chi connectivity index (χ1) is 8.10. The second-order valence-corrected chi connectivity index (χ2v) is 3.97. The Kier molecular flexibility index (Phi) is 3.04. The Morgan fingerprint density at radius 1 is 1.41 bits per heavy atom. The molecule has 1 amide bonds. The number of fused-ring (bicyclic) bond motifs is 1. The maximum atomic E-state index is 11.0. The number of methoxy groups -OCH3 is 1. The third kappa shape index (κ3) is 2.41. The molecular weight excluding hydrogens is 218 g/mol. The molecule has 1 heterocycles. The summed E-state index contributed by atoms with van der Waals surface area (Å²) >= 11 is 0. The van der Waals surface area contributed by atoms with Crippen LogP contribution >= 0.6 is 0 Å². The standard InChI is InChI=1S/C13H15NO3/c1-8(14-9(2)15)13-7-10-6-11(16-3)4-5-12(10)17-13/h4-8H,1-3H3,(H,14,15). The molecule has 0 bridgehead atoms. The largest absolute Gasteiger partial charge is 0.497 e. The molecule has 0 saturated carbocycles. The summed E-state index contributed by atoms with van der Waals surface area (Å²) in [6, 6.07) is 7.39. The van der Waals surface area contributed by atoms with Gasteiger partial charge in [-0.15, -0.1) is 0 Å². The first-order valence-electron chi connectivity index (χ1n) is 5.44. The number of benzene rings is 1. The van der Waals surface area contributed by atoms with Crippen LogP contribution in [0.4, 0.5) is 0 Å². The minimum absolute atomic E-state index is 0.0736. The zero-order valence-corrected chi connectivity index (χ0v) is 10.1. The van der Waals surface area contributed by atoms with E-state index in [4.69, 9.17) is 9.15 Å². The SMILES string of the molecule is COc1ccc2oc(C(C)NC(C)=O)cc2c1. The molecule has 90 valence electrons. The molecule has 2 aromatic rings. The minimum Gasteiger partial charge on any atom is -0.497 e. The Labute approximate surface area is 99.6 Å². The molecule has 0 aliphatic carbocycles. The van der Waals surface area contributed by atoms with E-state index in [9.17, 15) is 4.79 Å². The molecule has 0 fully saturated rings. The van der Waals surface area contributed by atoms with Crippen molar-refractivity contribution in [2.24, 2.45) is 0 Å². The van der Waals surface area contributed by atoms with Gasteiger partial charge in [0.1, 0.15) is 17.1 Å². The summed E-state index contributed by atoms with van der Waals surface area (Å²) in [6.07, 6.45) is 0. The molecule has 1 unspecified atom stereocenters. The molecule has 1 aromatic carbocycles. The first kappa shape index (κ1) is 11.5. The molecule has 1 N–H and O–H groups in total. The third-order valence-corrected chi connectivity index (χ3v) is 2.59. The van der Waals surface area contributed by atoms with Gasteiger partial charge in [0, 0.05) is 12.3 Å². The fourth-order valence-electron chi connectivity index (χ4n) is 1.76. The van der Waals surface area contributed by atoms with Crippen LogP contribution in [0.5, 0.6) is 5.75 Å². The molecule has 4 nitrogen and oxygen atoms in total. The molecule has 2 rings (SSSR count). The number of carbonyl (C=O) groups is 1. The van der Waals surface area contributed by atoms with Gasteiger partial charge in [0.2, 0.25) is 5.91 Å². The average Bonchev–Trinajstić information content (AvgIpc) is 2.70. The van der Waals surface area contributed by atoms with E-state index in [1.165, 1.54) is 6.92 Å². The van der Waals surface area contributed by atoms with Crippen molar-refractivity contribution in [3.05, 3.63) is 30.0 Å². The predicted octanol–water partition coefficient (Wildman–Crippen LogP) is 2.64. The normalized spacial score (nSPS) is 12.4. The van der Waals surface area contributed by atoms with Gasteiger partial charge in [0.15, 0.2) is 0 Å². The van der Waals surface area contributed by atoms with E-state index in [-0.39, 0.29) is 11.9 Å². The van der Waals surface area contributed by atoms with E-state index >= 15 is 0 Å². The molecule has 0 radical (unpaired) electrons. The number of carbonyl (C=O) groups excluding carboxylic acids is 1. The highest BCUT2D eigenvalue weighted by atomic mass is 16.5. The van der Waals surface area contributed by atoms with Crippen LogP contribution in [-0.2, 0) is 4.79 Å². The van der Waals surface area contributed by atoms with Gasteiger partial charge in [-0.05, 0) is 31.2 Å². The number of amides is 1. The zero-order chi connectivity index (χ0) is 12.4. The highest BCUT2D eigenvalue weighted by Crippen LogP contribution is 2.27. The van der Waals surface area contributed by atoms with Gasteiger partial charge in [0.05, 0.1) is 13.2 Å². The van der Waals surface area contributed by atoms with Crippen molar-refractivity contribution < 1.29 is 13.9 Å². The van der Waals surface area contributed by atoms with Crippen LogP contribution in [0.15, 0.2) is 28.7 Å². The molecule has 17 heavy (non-hydrogen) atoms. The molecule has 1 atom stereocenters. The smallest absolute Gasteiger partial charge is 0.217 e. The molecule has 0 aliphatic rings. The van der Waals surface area contributed by atoms with Crippen molar-refractivity contribution in [3.63, 3.8) is 0 Å². The van der Waals surface area contributed by atoms with E-state index < -0.39 is 0 Å². The van der Waals surface area contributed by atoms with Gasteiger partial charge < -0.3 is 14.5 Å². The summed E-state index contributed by atoms with van der Waals surface area (Å²) in [7, 11) is 1.63.